The fraction of sp³-hybridized carbons (Fsp3) is 0.714. The molecule has 1 aromatic rings. The lowest BCUT2D eigenvalue weighted by Gasteiger charge is -2.23. The zero-order valence-corrected chi connectivity index (χ0v) is 13.7. The first-order chi connectivity index (χ1) is 9.36. The van der Waals surface area contributed by atoms with Crippen molar-refractivity contribution in [2.45, 2.75) is 46.6 Å². The molecule has 6 heteroatoms. The quantitative estimate of drug-likeness (QED) is 0.254. The van der Waals surface area contributed by atoms with Crippen LogP contribution in [0.4, 0.5) is 0 Å². The highest BCUT2D eigenvalue weighted by Gasteiger charge is 2.22. The van der Waals surface area contributed by atoms with E-state index < -0.39 is 0 Å². The summed E-state index contributed by atoms with van der Waals surface area (Å²) >= 11 is 1.72. The van der Waals surface area contributed by atoms with Crippen LogP contribution in [-0.4, -0.2) is 34.5 Å². The maximum Gasteiger partial charge on any atom is 0.144 e. The van der Waals surface area contributed by atoms with E-state index in [0.717, 1.165) is 38.0 Å². The highest BCUT2D eigenvalue weighted by atomic mass is 32.1. The molecule has 0 aliphatic heterocycles. The molecule has 0 fully saturated rings. The van der Waals surface area contributed by atoms with Gasteiger partial charge >= 0.3 is 0 Å². The molecule has 0 spiro atoms. The van der Waals surface area contributed by atoms with Crippen LogP contribution in [0.5, 0.6) is 0 Å². The van der Waals surface area contributed by atoms with Crippen LogP contribution in [0.2, 0.25) is 0 Å². The standard InChI is InChI=1S/C14H26N4OS/c1-11-12(20-10-16-11)9-18(4)8-6-5-7-14(2,3)13(15)17-19/h10,19H,5-9H2,1-4H3,(H2,15,17). The number of aryl methyl sites for hydroxylation is 1. The van der Waals surface area contributed by atoms with E-state index in [4.69, 9.17) is 10.9 Å². The molecule has 0 radical (unpaired) electrons. The topological polar surface area (TPSA) is 74.7 Å². The van der Waals surface area contributed by atoms with Crippen molar-refractivity contribution in [3.8, 4) is 0 Å². The van der Waals surface area contributed by atoms with E-state index in [2.05, 4.69) is 29.0 Å². The Labute approximate surface area is 125 Å². The number of unbranched alkanes of at least 4 members (excludes halogenated alkanes) is 1. The molecule has 1 rings (SSSR count). The highest BCUT2D eigenvalue weighted by molar-refractivity contribution is 7.09. The second-order valence-electron chi connectivity index (χ2n) is 5.92. The number of thiazole rings is 1. The van der Waals surface area contributed by atoms with Gasteiger partial charge in [0.1, 0.15) is 5.84 Å². The minimum atomic E-state index is -0.235. The van der Waals surface area contributed by atoms with Crippen molar-refractivity contribution in [1.29, 1.82) is 0 Å². The zero-order chi connectivity index (χ0) is 15.2. The Kier molecular flexibility index (Phi) is 6.42. The van der Waals surface area contributed by atoms with E-state index in [1.807, 2.05) is 19.4 Å². The largest absolute Gasteiger partial charge is 0.409 e. The molecule has 1 aromatic heterocycles. The van der Waals surface area contributed by atoms with Crippen LogP contribution >= 0.6 is 11.3 Å². The number of nitrogens with zero attached hydrogens (tertiary/aromatic N) is 3. The van der Waals surface area contributed by atoms with Gasteiger partial charge in [0.15, 0.2) is 0 Å². The molecule has 5 nitrogen and oxygen atoms in total. The smallest absolute Gasteiger partial charge is 0.144 e. The third kappa shape index (κ3) is 5.09. The van der Waals surface area contributed by atoms with Crippen molar-refractivity contribution in [3.05, 3.63) is 16.1 Å². The van der Waals surface area contributed by atoms with Gasteiger partial charge in [0.25, 0.3) is 0 Å². The fourth-order valence-electron chi connectivity index (χ4n) is 2.01. The SMILES string of the molecule is Cc1ncsc1CN(C)CCCCC(C)(C)C(N)=NO. The van der Waals surface area contributed by atoms with Gasteiger partial charge in [-0.3, -0.25) is 0 Å². The van der Waals surface area contributed by atoms with Crippen molar-refractivity contribution in [2.75, 3.05) is 13.6 Å². The predicted octanol–water partition coefficient (Wildman–Crippen LogP) is 2.83. The molecule has 1 heterocycles. The van der Waals surface area contributed by atoms with Gasteiger partial charge in [-0.25, -0.2) is 4.98 Å². The molecule has 0 amide bonds. The summed E-state index contributed by atoms with van der Waals surface area (Å²) in [6.07, 6.45) is 3.10. The van der Waals surface area contributed by atoms with Crippen LogP contribution in [0.1, 0.15) is 43.7 Å². The second-order valence-corrected chi connectivity index (χ2v) is 6.86. The van der Waals surface area contributed by atoms with E-state index in [1.54, 1.807) is 11.3 Å². The number of hydrogen-bond acceptors (Lipinski definition) is 5. The average molecular weight is 298 g/mol. The minimum absolute atomic E-state index is 0.235. The van der Waals surface area contributed by atoms with Crippen molar-refractivity contribution in [3.63, 3.8) is 0 Å². The molecule has 0 unspecified atom stereocenters. The number of rotatable bonds is 8. The van der Waals surface area contributed by atoms with Crippen molar-refractivity contribution in [1.82, 2.24) is 9.88 Å². The Hall–Kier alpha value is -1.14. The molecule has 114 valence electrons. The van der Waals surface area contributed by atoms with Gasteiger partial charge in [-0.15, -0.1) is 11.3 Å². The van der Waals surface area contributed by atoms with Gasteiger partial charge < -0.3 is 15.8 Å². The van der Waals surface area contributed by atoms with Crippen molar-refractivity contribution in [2.24, 2.45) is 16.3 Å². The Balaban J connectivity index is 2.26. The molecular formula is C14H26N4OS. The first kappa shape index (κ1) is 16.9. The summed E-state index contributed by atoms with van der Waals surface area (Å²) in [6.45, 7) is 8.07. The van der Waals surface area contributed by atoms with Gasteiger partial charge in [-0.2, -0.15) is 0 Å². The van der Waals surface area contributed by atoms with E-state index in [0.29, 0.717) is 5.84 Å². The summed E-state index contributed by atoms with van der Waals surface area (Å²) in [7, 11) is 2.13. The Morgan fingerprint density at radius 3 is 2.75 bits per heavy atom. The number of aromatic nitrogens is 1. The van der Waals surface area contributed by atoms with E-state index in [-0.39, 0.29) is 5.41 Å². The summed E-state index contributed by atoms with van der Waals surface area (Å²) in [5, 5.41) is 11.8. The summed E-state index contributed by atoms with van der Waals surface area (Å²) < 4.78 is 0. The molecule has 0 aliphatic rings. The van der Waals surface area contributed by atoms with Gasteiger partial charge in [0.05, 0.1) is 11.2 Å². The van der Waals surface area contributed by atoms with Crippen molar-refractivity contribution >= 4 is 17.2 Å². The second kappa shape index (κ2) is 7.59. The molecule has 0 aromatic carbocycles. The average Bonchev–Trinajstić information content (AvgIpc) is 2.79. The summed E-state index contributed by atoms with van der Waals surface area (Å²) in [5.74, 6) is 0.311. The molecule has 0 atom stereocenters. The third-order valence-corrected chi connectivity index (χ3v) is 4.57. The molecule has 3 N–H and O–H groups in total. The van der Waals surface area contributed by atoms with E-state index >= 15 is 0 Å². The summed E-state index contributed by atoms with van der Waals surface area (Å²) in [4.78, 5) is 7.92. The Morgan fingerprint density at radius 2 is 2.20 bits per heavy atom. The van der Waals surface area contributed by atoms with Crippen LogP contribution in [0.3, 0.4) is 0 Å². The van der Waals surface area contributed by atoms with Gasteiger partial charge in [-0.1, -0.05) is 25.4 Å². The van der Waals surface area contributed by atoms with E-state index in [9.17, 15) is 0 Å². The first-order valence-electron chi connectivity index (χ1n) is 6.92. The van der Waals surface area contributed by atoms with Gasteiger partial charge in [0, 0.05) is 16.8 Å². The molecule has 0 saturated carbocycles. The van der Waals surface area contributed by atoms with Crippen molar-refractivity contribution < 1.29 is 5.21 Å². The predicted molar refractivity (Wildman–Crippen MR) is 84.2 cm³/mol. The lowest BCUT2D eigenvalue weighted by Crippen LogP contribution is -2.32. The Bertz CT molecular complexity index is 442. The monoisotopic (exact) mass is 298 g/mol. The fourth-order valence-corrected chi connectivity index (χ4v) is 2.87. The van der Waals surface area contributed by atoms with Crippen LogP contribution in [0.25, 0.3) is 0 Å². The normalized spacial score (nSPS) is 13.2. The molecular weight excluding hydrogens is 272 g/mol. The van der Waals surface area contributed by atoms with Gasteiger partial charge in [0.2, 0.25) is 0 Å². The maximum atomic E-state index is 8.73. The number of amidine groups is 1. The first-order valence-corrected chi connectivity index (χ1v) is 7.80. The number of hydrogen-bond donors (Lipinski definition) is 2. The molecule has 0 bridgehead atoms. The lowest BCUT2D eigenvalue weighted by atomic mass is 9.86. The summed E-state index contributed by atoms with van der Waals surface area (Å²) in [6, 6.07) is 0. The Morgan fingerprint density at radius 1 is 1.50 bits per heavy atom. The van der Waals surface area contributed by atoms with E-state index in [1.165, 1.54) is 4.88 Å². The summed E-state index contributed by atoms with van der Waals surface area (Å²) in [5.41, 5.74) is 8.48. The highest BCUT2D eigenvalue weighted by Crippen LogP contribution is 2.23. The minimum Gasteiger partial charge on any atom is -0.409 e. The molecule has 0 saturated heterocycles. The van der Waals surface area contributed by atoms with Crippen LogP contribution < -0.4 is 5.73 Å². The van der Waals surface area contributed by atoms with Gasteiger partial charge in [-0.05, 0) is 33.4 Å². The van der Waals surface area contributed by atoms with Crippen LogP contribution in [-0.2, 0) is 6.54 Å². The third-order valence-electron chi connectivity index (χ3n) is 3.65. The zero-order valence-electron chi connectivity index (χ0n) is 12.9. The van der Waals surface area contributed by atoms with Crippen LogP contribution in [0.15, 0.2) is 10.7 Å². The number of oxime groups is 1. The lowest BCUT2D eigenvalue weighted by molar-refractivity contribution is 0.296. The maximum absolute atomic E-state index is 8.73. The molecule has 20 heavy (non-hydrogen) atoms. The molecule has 0 aliphatic carbocycles. The van der Waals surface area contributed by atoms with Crippen LogP contribution in [0, 0.1) is 12.3 Å². The number of nitrogens with two attached hydrogens (primary N) is 1.